The molecule has 0 aromatic heterocycles. The molecule has 0 bridgehead atoms. The number of hydrogen-bond acceptors (Lipinski definition) is 4. The molecule has 0 aromatic carbocycles. The van der Waals surface area contributed by atoms with Crippen LogP contribution in [0.25, 0.3) is 0 Å². The van der Waals surface area contributed by atoms with Crippen molar-refractivity contribution in [2.24, 2.45) is 11.1 Å². The third-order valence-corrected chi connectivity index (χ3v) is 2.84. The van der Waals surface area contributed by atoms with E-state index in [0.29, 0.717) is 19.1 Å². The summed E-state index contributed by atoms with van der Waals surface area (Å²) < 4.78 is 11.2. The van der Waals surface area contributed by atoms with Gasteiger partial charge in [-0.25, -0.2) is 0 Å². The average Bonchev–Trinajstić information content (AvgIpc) is 2.71. The van der Waals surface area contributed by atoms with Gasteiger partial charge in [0.2, 0.25) is 0 Å². The molecule has 4 nitrogen and oxygen atoms in total. The third kappa shape index (κ3) is 2.92. The van der Waals surface area contributed by atoms with E-state index in [2.05, 4.69) is 12.1 Å². The van der Waals surface area contributed by atoms with Gasteiger partial charge < -0.3 is 14.3 Å². The fourth-order valence-electron chi connectivity index (χ4n) is 1.84. The number of rotatable bonds is 5. The lowest BCUT2D eigenvalue weighted by Gasteiger charge is -2.25. The molecule has 0 unspecified atom stereocenters. The first-order valence-corrected chi connectivity index (χ1v) is 5.78. The summed E-state index contributed by atoms with van der Waals surface area (Å²) in [6.07, 6.45) is 3.35. The van der Waals surface area contributed by atoms with Crippen molar-refractivity contribution in [1.29, 1.82) is 0 Å². The van der Waals surface area contributed by atoms with E-state index in [1.54, 1.807) is 0 Å². The Morgan fingerprint density at radius 2 is 2.40 bits per heavy atom. The summed E-state index contributed by atoms with van der Waals surface area (Å²) in [4.78, 5) is 5.05. The molecule has 86 valence electrons. The van der Waals surface area contributed by atoms with Crippen molar-refractivity contribution >= 4 is 5.71 Å². The van der Waals surface area contributed by atoms with Crippen molar-refractivity contribution in [3.63, 3.8) is 0 Å². The normalized spacial score (nSPS) is 29.5. The van der Waals surface area contributed by atoms with E-state index in [1.807, 2.05) is 0 Å². The Morgan fingerprint density at radius 3 is 3.27 bits per heavy atom. The molecule has 1 saturated heterocycles. The van der Waals surface area contributed by atoms with Gasteiger partial charge >= 0.3 is 0 Å². The second-order valence-corrected chi connectivity index (χ2v) is 4.16. The van der Waals surface area contributed by atoms with Crippen LogP contribution in [0, 0.1) is 5.92 Å². The fraction of sp³-hybridized carbons (Fsp3) is 0.909. The van der Waals surface area contributed by atoms with E-state index in [-0.39, 0.29) is 6.10 Å². The standard InChI is InChI=1S/C11H19NO3/c1-2-3-4-13-8-10-5-11-9(6-14-10)7-15-12-11/h9-10H,2-8H2,1H3/t9-,10+/m0/s1. The predicted octanol–water partition coefficient (Wildman–Crippen LogP) is 1.59. The maximum atomic E-state index is 5.69. The molecule has 0 aromatic rings. The van der Waals surface area contributed by atoms with Gasteiger partial charge in [0, 0.05) is 13.0 Å². The Labute approximate surface area is 90.6 Å². The van der Waals surface area contributed by atoms with Gasteiger partial charge in [0.25, 0.3) is 0 Å². The highest BCUT2D eigenvalue weighted by atomic mass is 16.6. The van der Waals surface area contributed by atoms with Crippen LogP contribution < -0.4 is 0 Å². The highest BCUT2D eigenvalue weighted by molar-refractivity contribution is 5.88. The molecule has 2 heterocycles. The molecule has 0 radical (unpaired) electrons. The van der Waals surface area contributed by atoms with Crippen LogP contribution in [-0.2, 0) is 14.3 Å². The Balaban J connectivity index is 1.66. The summed E-state index contributed by atoms with van der Waals surface area (Å²) in [7, 11) is 0. The molecule has 1 fully saturated rings. The molecule has 0 aliphatic carbocycles. The van der Waals surface area contributed by atoms with Crippen molar-refractivity contribution in [3.8, 4) is 0 Å². The topological polar surface area (TPSA) is 40.0 Å². The number of ether oxygens (including phenoxy) is 2. The quantitative estimate of drug-likeness (QED) is 0.651. The van der Waals surface area contributed by atoms with Crippen LogP contribution in [-0.4, -0.2) is 38.2 Å². The summed E-state index contributed by atoms with van der Waals surface area (Å²) in [6, 6.07) is 0. The highest BCUT2D eigenvalue weighted by Crippen LogP contribution is 2.22. The van der Waals surface area contributed by atoms with E-state index in [9.17, 15) is 0 Å². The minimum Gasteiger partial charge on any atom is -0.395 e. The number of nitrogens with zero attached hydrogens (tertiary/aromatic N) is 1. The molecule has 2 aliphatic heterocycles. The molecule has 0 amide bonds. The maximum absolute atomic E-state index is 5.69. The average molecular weight is 213 g/mol. The molecule has 2 atom stereocenters. The zero-order valence-corrected chi connectivity index (χ0v) is 9.28. The van der Waals surface area contributed by atoms with Crippen LogP contribution in [0.1, 0.15) is 26.2 Å². The molecule has 0 N–H and O–H groups in total. The lowest BCUT2D eigenvalue weighted by atomic mass is 9.98. The van der Waals surface area contributed by atoms with Crippen LogP contribution in [0.15, 0.2) is 5.16 Å². The van der Waals surface area contributed by atoms with Gasteiger partial charge in [-0.15, -0.1) is 0 Å². The predicted molar refractivity (Wildman–Crippen MR) is 57.0 cm³/mol. The van der Waals surface area contributed by atoms with Gasteiger partial charge in [0.15, 0.2) is 0 Å². The van der Waals surface area contributed by atoms with Gasteiger partial charge in [0.05, 0.1) is 30.9 Å². The largest absolute Gasteiger partial charge is 0.395 e. The Kier molecular flexibility index (Phi) is 3.97. The second kappa shape index (κ2) is 5.47. The van der Waals surface area contributed by atoms with Crippen LogP contribution in [0.2, 0.25) is 0 Å². The first-order chi connectivity index (χ1) is 7.40. The van der Waals surface area contributed by atoms with E-state index >= 15 is 0 Å². The Hall–Kier alpha value is -0.610. The summed E-state index contributed by atoms with van der Waals surface area (Å²) in [5.41, 5.74) is 1.16. The summed E-state index contributed by atoms with van der Waals surface area (Å²) >= 11 is 0. The second-order valence-electron chi connectivity index (χ2n) is 4.16. The Morgan fingerprint density at radius 1 is 1.47 bits per heavy atom. The summed E-state index contributed by atoms with van der Waals surface area (Å²) in [5.74, 6) is 0.400. The van der Waals surface area contributed by atoms with Crippen LogP contribution in [0.5, 0.6) is 0 Å². The van der Waals surface area contributed by atoms with E-state index in [0.717, 1.165) is 31.8 Å². The van der Waals surface area contributed by atoms with Crippen molar-refractivity contribution in [3.05, 3.63) is 0 Å². The van der Waals surface area contributed by atoms with Crippen LogP contribution >= 0.6 is 0 Å². The lowest BCUT2D eigenvalue weighted by molar-refractivity contribution is -0.0330. The third-order valence-electron chi connectivity index (χ3n) is 2.84. The molecule has 0 saturated carbocycles. The SMILES string of the molecule is CCCCOC[C@H]1CC2=NOC[C@@H]2CO1. The van der Waals surface area contributed by atoms with Crippen molar-refractivity contribution in [2.75, 3.05) is 26.4 Å². The summed E-state index contributed by atoms with van der Waals surface area (Å²) in [5, 5.41) is 4.03. The van der Waals surface area contributed by atoms with Gasteiger partial charge in [0.1, 0.15) is 6.61 Å². The van der Waals surface area contributed by atoms with Gasteiger partial charge in [-0.2, -0.15) is 0 Å². The zero-order chi connectivity index (χ0) is 10.5. The number of hydrogen-bond donors (Lipinski definition) is 0. The molecular formula is C11H19NO3. The lowest BCUT2D eigenvalue weighted by Crippen LogP contribution is -2.35. The molecule has 4 heteroatoms. The minimum atomic E-state index is 0.179. The molecule has 2 aliphatic rings. The van der Waals surface area contributed by atoms with E-state index in [4.69, 9.17) is 14.3 Å². The van der Waals surface area contributed by atoms with Crippen molar-refractivity contribution in [1.82, 2.24) is 0 Å². The smallest absolute Gasteiger partial charge is 0.127 e. The Bertz CT molecular complexity index is 230. The minimum absolute atomic E-state index is 0.179. The van der Waals surface area contributed by atoms with Gasteiger partial charge in [-0.3, -0.25) is 0 Å². The first-order valence-electron chi connectivity index (χ1n) is 5.78. The van der Waals surface area contributed by atoms with Gasteiger partial charge in [-0.05, 0) is 6.42 Å². The summed E-state index contributed by atoms with van der Waals surface area (Å²) in [6.45, 7) is 5.11. The van der Waals surface area contributed by atoms with Crippen LogP contribution in [0.3, 0.4) is 0 Å². The fourth-order valence-corrected chi connectivity index (χ4v) is 1.84. The number of oxime groups is 1. The molecule has 15 heavy (non-hydrogen) atoms. The number of fused-ring (bicyclic) bond motifs is 1. The van der Waals surface area contributed by atoms with E-state index < -0.39 is 0 Å². The molecular weight excluding hydrogens is 194 g/mol. The molecule has 2 rings (SSSR count). The van der Waals surface area contributed by atoms with Crippen LogP contribution in [0.4, 0.5) is 0 Å². The first kappa shape index (κ1) is 10.9. The highest BCUT2D eigenvalue weighted by Gasteiger charge is 2.31. The van der Waals surface area contributed by atoms with Crippen molar-refractivity contribution < 1.29 is 14.3 Å². The van der Waals surface area contributed by atoms with Crippen molar-refractivity contribution in [2.45, 2.75) is 32.3 Å². The zero-order valence-electron chi connectivity index (χ0n) is 9.28. The number of unbranched alkanes of at least 4 members (excludes halogenated alkanes) is 1. The van der Waals surface area contributed by atoms with E-state index in [1.165, 1.54) is 6.42 Å². The monoisotopic (exact) mass is 213 g/mol. The van der Waals surface area contributed by atoms with Gasteiger partial charge in [-0.1, -0.05) is 18.5 Å². The maximum Gasteiger partial charge on any atom is 0.127 e. The molecule has 0 spiro atoms.